The normalized spacial score (nSPS) is 21.8. The van der Waals surface area contributed by atoms with Crippen LogP contribution in [0.2, 0.25) is 0 Å². The summed E-state index contributed by atoms with van der Waals surface area (Å²) in [6.45, 7) is 1.85. The minimum atomic E-state index is -0.647. The van der Waals surface area contributed by atoms with Gasteiger partial charge in [-0.05, 0) is 56.0 Å². The average Bonchev–Trinajstić information content (AvgIpc) is 3.15. The van der Waals surface area contributed by atoms with Crippen LogP contribution in [0.1, 0.15) is 29.6 Å². The van der Waals surface area contributed by atoms with Crippen molar-refractivity contribution >= 4 is 29.9 Å². The van der Waals surface area contributed by atoms with Crippen molar-refractivity contribution in [3.05, 3.63) is 29.6 Å². The van der Waals surface area contributed by atoms with Gasteiger partial charge in [0.15, 0.2) is 0 Å². The zero-order chi connectivity index (χ0) is 15.0. The molecule has 0 aromatic heterocycles. The molecule has 5 nitrogen and oxygen atoms in total. The number of piperidine rings is 1. The van der Waals surface area contributed by atoms with E-state index in [-0.39, 0.29) is 40.9 Å². The number of benzene rings is 1. The Bertz CT molecular complexity index is 602. The average molecular weight is 328 g/mol. The first-order chi connectivity index (χ1) is 10.0. The van der Waals surface area contributed by atoms with Crippen molar-refractivity contribution in [2.24, 2.45) is 17.1 Å². The van der Waals surface area contributed by atoms with E-state index in [1.165, 1.54) is 12.1 Å². The van der Waals surface area contributed by atoms with E-state index in [0.29, 0.717) is 0 Å². The van der Waals surface area contributed by atoms with E-state index in [2.05, 4.69) is 10.6 Å². The number of carbonyl (C=O) groups is 2. The van der Waals surface area contributed by atoms with Crippen LogP contribution in [-0.2, 0) is 4.79 Å². The van der Waals surface area contributed by atoms with Crippen molar-refractivity contribution in [3.8, 4) is 0 Å². The fourth-order valence-electron chi connectivity index (χ4n) is 3.19. The van der Waals surface area contributed by atoms with Gasteiger partial charge in [-0.1, -0.05) is 0 Å². The Kier molecular flexibility index (Phi) is 4.72. The number of nitrogens with two attached hydrogens (primary N) is 1. The summed E-state index contributed by atoms with van der Waals surface area (Å²) in [7, 11) is 0. The molecule has 1 saturated heterocycles. The molecule has 0 radical (unpaired) electrons. The molecule has 7 heteroatoms. The Morgan fingerprint density at radius 2 is 2.00 bits per heavy atom. The molecule has 22 heavy (non-hydrogen) atoms. The van der Waals surface area contributed by atoms with Crippen molar-refractivity contribution < 1.29 is 14.0 Å². The molecule has 1 aliphatic heterocycles. The first-order valence-corrected chi connectivity index (χ1v) is 7.13. The second-order valence-corrected chi connectivity index (χ2v) is 5.92. The zero-order valence-corrected chi connectivity index (χ0v) is 12.8. The number of hydrogen-bond acceptors (Lipinski definition) is 3. The Morgan fingerprint density at radius 1 is 1.32 bits per heavy atom. The quantitative estimate of drug-likeness (QED) is 0.789. The predicted molar refractivity (Wildman–Crippen MR) is 83.4 cm³/mol. The number of carbonyl (C=O) groups excluding carboxylic acids is 2. The van der Waals surface area contributed by atoms with Gasteiger partial charge in [0.05, 0.1) is 5.69 Å². The third-order valence-corrected chi connectivity index (χ3v) is 4.61. The number of hydrogen-bond donors (Lipinski definition) is 3. The molecule has 1 spiro atoms. The molecule has 1 heterocycles. The fourth-order valence-corrected chi connectivity index (χ4v) is 3.19. The van der Waals surface area contributed by atoms with Gasteiger partial charge in [-0.3, -0.25) is 9.59 Å². The van der Waals surface area contributed by atoms with Crippen LogP contribution in [0.5, 0.6) is 0 Å². The molecule has 120 valence electrons. The summed E-state index contributed by atoms with van der Waals surface area (Å²) < 4.78 is 13.7. The van der Waals surface area contributed by atoms with Crippen LogP contribution >= 0.6 is 12.4 Å². The molecular formula is C15H19ClFN3O2. The van der Waals surface area contributed by atoms with Gasteiger partial charge in [0.2, 0.25) is 11.8 Å². The largest absolute Gasteiger partial charge is 0.366 e. The van der Waals surface area contributed by atoms with Crippen LogP contribution in [0.3, 0.4) is 0 Å². The highest BCUT2D eigenvalue weighted by molar-refractivity contribution is 5.98. The third-order valence-electron chi connectivity index (χ3n) is 4.61. The molecule has 2 amide bonds. The zero-order valence-electron chi connectivity index (χ0n) is 12.0. The van der Waals surface area contributed by atoms with Gasteiger partial charge >= 0.3 is 0 Å². The summed E-state index contributed by atoms with van der Waals surface area (Å²) in [5, 5.41) is 5.87. The number of primary amides is 1. The molecule has 3 rings (SSSR count). The molecule has 1 atom stereocenters. The van der Waals surface area contributed by atoms with Gasteiger partial charge < -0.3 is 16.4 Å². The van der Waals surface area contributed by atoms with Crippen molar-refractivity contribution in [2.45, 2.75) is 19.3 Å². The van der Waals surface area contributed by atoms with Crippen LogP contribution in [0.15, 0.2) is 18.2 Å². The fraction of sp³-hybridized carbons (Fsp3) is 0.467. The van der Waals surface area contributed by atoms with Crippen molar-refractivity contribution in [3.63, 3.8) is 0 Å². The first kappa shape index (κ1) is 16.7. The monoisotopic (exact) mass is 327 g/mol. The minimum absolute atomic E-state index is 0. The molecule has 4 N–H and O–H groups in total. The van der Waals surface area contributed by atoms with E-state index >= 15 is 0 Å². The smallest absolute Gasteiger partial charge is 0.248 e. The maximum atomic E-state index is 13.7. The molecule has 1 aliphatic carbocycles. The molecule has 2 aliphatic rings. The minimum Gasteiger partial charge on any atom is -0.366 e. The maximum absolute atomic E-state index is 13.7. The van der Waals surface area contributed by atoms with E-state index in [0.717, 1.165) is 38.4 Å². The maximum Gasteiger partial charge on any atom is 0.248 e. The predicted octanol–water partition coefficient (Wildman–Crippen LogP) is 1.67. The van der Waals surface area contributed by atoms with Crippen molar-refractivity contribution in [2.75, 3.05) is 18.4 Å². The van der Waals surface area contributed by atoms with Crippen molar-refractivity contribution in [1.82, 2.24) is 5.32 Å². The Balaban J connectivity index is 0.00000176. The standard InChI is InChI=1S/C15H18FN3O2.ClH/c16-11-2-1-9(13(17)20)7-12(11)19-14(21)10-8-15(10)3-5-18-6-4-15;/h1-2,7,10,18H,3-6,8H2,(H2,17,20)(H,19,21);1H. The molecule has 1 aromatic rings. The van der Waals surface area contributed by atoms with Crippen LogP contribution in [-0.4, -0.2) is 24.9 Å². The van der Waals surface area contributed by atoms with Gasteiger partial charge in [0.1, 0.15) is 5.82 Å². The number of nitrogens with one attached hydrogen (secondary N) is 2. The molecular weight excluding hydrogens is 309 g/mol. The lowest BCUT2D eigenvalue weighted by molar-refractivity contribution is -0.118. The number of amides is 2. The van der Waals surface area contributed by atoms with E-state index in [4.69, 9.17) is 5.73 Å². The first-order valence-electron chi connectivity index (χ1n) is 7.13. The van der Waals surface area contributed by atoms with Crippen LogP contribution < -0.4 is 16.4 Å². The summed E-state index contributed by atoms with van der Waals surface area (Å²) in [5.74, 6) is -1.44. The summed E-state index contributed by atoms with van der Waals surface area (Å²) in [6, 6.07) is 3.73. The highest BCUT2D eigenvalue weighted by atomic mass is 35.5. The molecule has 1 aromatic carbocycles. The molecule has 2 fully saturated rings. The van der Waals surface area contributed by atoms with Gasteiger partial charge in [-0.2, -0.15) is 0 Å². The lowest BCUT2D eigenvalue weighted by Gasteiger charge is -2.23. The van der Waals surface area contributed by atoms with Crippen LogP contribution in [0.25, 0.3) is 0 Å². The Morgan fingerprint density at radius 3 is 2.64 bits per heavy atom. The van der Waals surface area contributed by atoms with E-state index < -0.39 is 11.7 Å². The van der Waals surface area contributed by atoms with Gasteiger partial charge in [0.25, 0.3) is 0 Å². The Labute approximate surface area is 134 Å². The van der Waals surface area contributed by atoms with E-state index in [9.17, 15) is 14.0 Å². The second kappa shape index (κ2) is 6.22. The molecule has 1 unspecified atom stereocenters. The van der Waals surface area contributed by atoms with Gasteiger partial charge in [-0.25, -0.2) is 4.39 Å². The van der Waals surface area contributed by atoms with E-state index in [1.807, 2.05) is 0 Å². The highest BCUT2D eigenvalue weighted by Crippen LogP contribution is 2.58. The summed E-state index contributed by atoms with van der Waals surface area (Å²) in [5.41, 5.74) is 5.46. The number of halogens is 2. The number of anilines is 1. The topological polar surface area (TPSA) is 84.2 Å². The van der Waals surface area contributed by atoms with Gasteiger partial charge in [-0.15, -0.1) is 12.4 Å². The second-order valence-electron chi connectivity index (χ2n) is 5.92. The molecule has 0 bridgehead atoms. The summed E-state index contributed by atoms with van der Waals surface area (Å²) in [4.78, 5) is 23.4. The number of rotatable bonds is 3. The van der Waals surface area contributed by atoms with Crippen LogP contribution in [0.4, 0.5) is 10.1 Å². The van der Waals surface area contributed by atoms with Crippen LogP contribution in [0, 0.1) is 17.2 Å². The lowest BCUT2D eigenvalue weighted by Crippen LogP contribution is -2.31. The highest BCUT2D eigenvalue weighted by Gasteiger charge is 2.57. The summed E-state index contributed by atoms with van der Waals surface area (Å²) in [6.07, 6.45) is 2.82. The SMILES string of the molecule is Cl.NC(=O)c1ccc(F)c(NC(=O)C2CC23CCNCC3)c1. The van der Waals surface area contributed by atoms with Crippen molar-refractivity contribution in [1.29, 1.82) is 0 Å². The lowest BCUT2D eigenvalue weighted by atomic mass is 9.92. The van der Waals surface area contributed by atoms with Gasteiger partial charge in [0, 0.05) is 11.5 Å². The molecule has 1 saturated carbocycles. The van der Waals surface area contributed by atoms with E-state index in [1.54, 1.807) is 0 Å². The summed E-state index contributed by atoms with van der Waals surface area (Å²) >= 11 is 0. The Hall–Kier alpha value is -1.66. The third kappa shape index (κ3) is 3.08.